The summed E-state index contributed by atoms with van der Waals surface area (Å²) in [6, 6.07) is 4.53. The molecule has 2 amide bonds. The Morgan fingerprint density at radius 2 is 1.65 bits per heavy atom. The van der Waals surface area contributed by atoms with Crippen molar-refractivity contribution in [3.05, 3.63) is 34.7 Å². The number of carboxylic acid groups (broad SMARTS) is 1. The van der Waals surface area contributed by atoms with Crippen molar-refractivity contribution in [3.63, 3.8) is 0 Å². The highest BCUT2D eigenvalue weighted by Gasteiger charge is 2.30. The Hall–Kier alpha value is -3.39. The number of fused-ring (bicyclic) bond motifs is 1. The van der Waals surface area contributed by atoms with Crippen LogP contribution in [0.5, 0.6) is 0 Å². The molecule has 1 aliphatic heterocycles. The van der Waals surface area contributed by atoms with E-state index in [-0.39, 0.29) is 31.8 Å². The van der Waals surface area contributed by atoms with E-state index in [0.29, 0.717) is 69.3 Å². The molecule has 1 unspecified atom stereocenters. The molecule has 0 spiro atoms. The van der Waals surface area contributed by atoms with Crippen molar-refractivity contribution in [2.24, 2.45) is 0 Å². The summed E-state index contributed by atoms with van der Waals surface area (Å²) in [7, 11) is 0. The first-order valence-corrected chi connectivity index (χ1v) is 12.1. The first kappa shape index (κ1) is 28.2. The Labute approximate surface area is 213 Å². The van der Waals surface area contributed by atoms with E-state index in [1.165, 1.54) is 6.20 Å². The second-order valence-corrected chi connectivity index (χ2v) is 8.15. The number of nitrogens with one attached hydrogen (secondary N) is 2. The second-order valence-electron chi connectivity index (χ2n) is 8.15. The molecule has 3 N–H and O–H groups in total. The molecule has 2 aromatic rings. The molecule has 1 fully saturated rings. The highest BCUT2D eigenvalue weighted by atomic mass is 16.6. The van der Waals surface area contributed by atoms with Crippen LogP contribution in [0.3, 0.4) is 0 Å². The highest BCUT2D eigenvalue weighted by molar-refractivity contribution is 5.99. The van der Waals surface area contributed by atoms with Crippen molar-refractivity contribution in [1.29, 1.82) is 0 Å². The van der Waals surface area contributed by atoms with Crippen LogP contribution in [0.2, 0.25) is 0 Å². The van der Waals surface area contributed by atoms with Gasteiger partial charge in [0.1, 0.15) is 6.04 Å². The average molecular weight is 521 g/mol. The van der Waals surface area contributed by atoms with Gasteiger partial charge in [0.25, 0.3) is 11.5 Å². The van der Waals surface area contributed by atoms with E-state index in [0.717, 1.165) is 4.68 Å². The molecule has 1 aliphatic rings. The number of nitrogens with zero attached hydrogens (tertiary/aromatic N) is 2. The van der Waals surface area contributed by atoms with E-state index in [1.54, 1.807) is 18.2 Å². The van der Waals surface area contributed by atoms with Gasteiger partial charge in [0, 0.05) is 24.0 Å². The van der Waals surface area contributed by atoms with Crippen molar-refractivity contribution in [2.75, 3.05) is 64.7 Å². The number of benzene rings is 1. The number of amides is 2. The van der Waals surface area contributed by atoms with Crippen LogP contribution in [0, 0.1) is 0 Å². The molecule has 1 aromatic carbocycles. The fourth-order valence-electron chi connectivity index (χ4n) is 3.67. The first-order chi connectivity index (χ1) is 18.0. The lowest BCUT2D eigenvalue weighted by Gasteiger charge is -2.22. The van der Waals surface area contributed by atoms with E-state index in [1.807, 2.05) is 0 Å². The Kier molecular flexibility index (Phi) is 11.4. The molecule has 0 saturated carbocycles. The maximum Gasteiger partial charge on any atom is 0.305 e. The molecule has 0 radical (unpaired) electrons. The standard InChI is InChI=1S/C24H32N4O9/c29-20-5-4-19(23(32)27-20)28-24(33)22-17(16-26-28)2-1-3-18(22)25-7-9-35-11-13-37-15-14-36-12-10-34-8-6-21(30)31/h1-3,16,19,25H,4-15H2,(H,30,31)(H,27,29,32). The van der Waals surface area contributed by atoms with Crippen molar-refractivity contribution in [2.45, 2.75) is 25.3 Å². The van der Waals surface area contributed by atoms with Gasteiger partial charge in [-0.15, -0.1) is 0 Å². The van der Waals surface area contributed by atoms with Gasteiger partial charge in [-0.25, -0.2) is 4.68 Å². The van der Waals surface area contributed by atoms with Crippen molar-refractivity contribution >= 4 is 34.2 Å². The zero-order valence-corrected chi connectivity index (χ0v) is 20.5. The minimum Gasteiger partial charge on any atom is -0.481 e. The van der Waals surface area contributed by atoms with E-state index in [4.69, 9.17) is 24.1 Å². The number of ether oxygens (including phenoxy) is 4. The molecule has 37 heavy (non-hydrogen) atoms. The summed E-state index contributed by atoms with van der Waals surface area (Å²) in [6.45, 7) is 3.29. The molecule has 13 nitrogen and oxygen atoms in total. The molecule has 2 heterocycles. The number of rotatable bonds is 17. The van der Waals surface area contributed by atoms with Crippen molar-refractivity contribution < 1.29 is 38.4 Å². The average Bonchev–Trinajstić information content (AvgIpc) is 2.87. The van der Waals surface area contributed by atoms with Crippen LogP contribution in [0.25, 0.3) is 10.8 Å². The monoisotopic (exact) mass is 520 g/mol. The van der Waals surface area contributed by atoms with E-state index in [2.05, 4.69) is 15.7 Å². The van der Waals surface area contributed by atoms with Gasteiger partial charge < -0.3 is 29.4 Å². The number of carbonyl (C=O) groups excluding carboxylic acids is 2. The molecule has 0 bridgehead atoms. The first-order valence-electron chi connectivity index (χ1n) is 12.1. The van der Waals surface area contributed by atoms with Crippen LogP contribution in [-0.2, 0) is 33.3 Å². The number of imide groups is 1. The number of carbonyl (C=O) groups is 3. The predicted octanol–water partition coefficient (Wildman–Crippen LogP) is 0.327. The Morgan fingerprint density at radius 3 is 2.30 bits per heavy atom. The van der Waals surface area contributed by atoms with Gasteiger partial charge in [0.15, 0.2) is 0 Å². The molecular weight excluding hydrogens is 488 g/mol. The second kappa shape index (κ2) is 15.0. The van der Waals surface area contributed by atoms with Gasteiger partial charge in [0.2, 0.25) is 5.91 Å². The number of hydrogen-bond donors (Lipinski definition) is 3. The van der Waals surface area contributed by atoms with E-state index >= 15 is 0 Å². The Morgan fingerprint density at radius 1 is 1.00 bits per heavy atom. The van der Waals surface area contributed by atoms with E-state index < -0.39 is 23.5 Å². The van der Waals surface area contributed by atoms with Gasteiger partial charge in [-0.1, -0.05) is 12.1 Å². The predicted molar refractivity (Wildman–Crippen MR) is 131 cm³/mol. The normalized spacial score (nSPS) is 15.6. The molecular formula is C24H32N4O9. The lowest BCUT2D eigenvalue weighted by atomic mass is 10.1. The zero-order chi connectivity index (χ0) is 26.5. The molecule has 3 rings (SSSR count). The summed E-state index contributed by atoms with van der Waals surface area (Å²) in [5, 5.41) is 19.2. The Balaban J connectivity index is 1.34. The topological polar surface area (TPSA) is 167 Å². The summed E-state index contributed by atoms with van der Waals surface area (Å²) in [5.74, 6) is -1.78. The maximum atomic E-state index is 13.2. The molecule has 1 saturated heterocycles. The number of hydrogen-bond acceptors (Lipinski definition) is 10. The highest BCUT2D eigenvalue weighted by Crippen LogP contribution is 2.21. The quantitative estimate of drug-likeness (QED) is 0.194. The summed E-state index contributed by atoms with van der Waals surface area (Å²) >= 11 is 0. The molecule has 13 heteroatoms. The van der Waals surface area contributed by atoms with Gasteiger partial charge in [-0.05, 0) is 12.5 Å². The van der Waals surface area contributed by atoms with E-state index in [9.17, 15) is 19.2 Å². The third-order valence-electron chi connectivity index (χ3n) is 5.48. The van der Waals surface area contributed by atoms with Gasteiger partial charge in [-0.2, -0.15) is 5.10 Å². The van der Waals surface area contributed by atoms with Crippen LogP contribution in [0.4, 0.5) is 5.69 Å². The number of aromatic nitrogens is 2. The van der Waals surface area contributed by atoms with Gasteiger partial charge >= 0.3 is 5.97 Å². The number of carboxylic acids is 1. The molecule has 1 atom stereocenters. The third-order valence-corrected chi connectivity index (χ3v) is 5.48. The summed E-state index contributed by atoms with van der Waals surface area (Å²) in [6.07, 6.45) is 1.89. The third kappa shape index (κ3) is 8.89. The van der Waals surface area contributed by atoms with Crippen LogP contribution in [0.1, 0.15) is 25.3 Å². The van der Waals surface area contributed by atoms with Crippen molar-refractivity contribution in [1.82, 2.24) is 15.1 Å². The van der Waals surface area contributed by atoms with Crippen LogP contribution >= 0.6 is 0 Å². The number of anilines is 1. The minimum absolute atomic E-state index is 0.0255. The maximum absolute atomic E-state index is 13.2. The lowest BCUT2D eigenvalue weighted by molar-refractivity contribution is -0.138. The number of piperidine rings is 1. The fraction of sp³-hybridized carbons (Fsp3) is 0.542. The van der Waals surface area contributed by atoms with Gasteiger partial charge in [-0.3, -0.25) is 24.5 Å². The molecule has 202 valence electrons. The lowest BCUT2D eigenvalue weighted by Crippen LogP contribution is -2.45. The summed E-state index contributed by atoms with van der Waals surface area (Å²) < 4.78 is 22.5. The smallest absolute Gasteiger partial charge is 0.305 e. The zero-order valence-electron chi connectivity index (χ0n) is 20.5. The van der Waals surface area contributed by atoms with Crippen LogP contribution in [-0.4, -0.2) is 92.1 Å². The Bertz CT molecular complexity index is 1120. The molecule has 1 aromatic heterocycles. The SMILES string of the molecule is O=C(O)CCOCCOCCOCCOCCNc1cccc2cnn(C3CCC(=O)NC3=O)c(=O)c12. The fourth-order valence-corrected chi connectivity index (χ4v) is 3.67. The largest absolute Gasteiger partial charge is 0.481 e. The molecule has 0 aliphatic carbocycles. The van der Waals surface area contributed by atoms with Crippen LogP contribution in [0.15, 0.2) is 29.2 Å². The van der Waals surface area contributed by atoms with Gasteiger partial charge in [0.05, 0.1) is 70.9 Å². The number of aliphatic carboxylic acids is 1. The van der Waals surface area contributed by atoms with Crippen molar-refractivity contribution in [3.8, 4) is 0 Å². The van der Waals surface area contributed by atoms with Crippen LogP contribution < -0.4 is 16.2 Å². The summed E-state index contributed by atoms with van der Waals surface area (Å²) in [5.41, 5.74) is 0.202. The minimum atomic E-state index is -0.894. The summed E-state index contributed by atoms with van der Waals surface area (Å²) in [4.78, 5) is 47.2.